The molecule has 0 aliphatic heterocycles. The fourth-order valence-corrected chi connectivity index (χ4v) is 2.63. The van der Waals surface area contributed by atoms with Crippen LogP contribution in [0.1, 0.15) is 29.8 Å². The molecule has 0 radical (unpaired) electrons. The van der Waals surface area contributed by atoms with Gasteiger partial charge in [-0.25, -0.2) is 14.8 Å². The number of nitrogen functional groups attached to an aromatic ring is 1. The Morgan fingerprint density at radius 3 is 2.32 bits per heavy atom. The van der Waals surface area contributed by atoms with Gasteiger partial charge in [-0.3, -0.25) is 0 Å². The van der Waals surface area contributed by atoms with Gasteiger partial charge in [0.25, 0.3) is 0 Å². The van der Waals surface area contributed by atoms with Gasteiger partial charge in [0.1, 0.15) is 12.0 Å². The van der Waals surface area contributed by atoms with E-state index in [0.29, 0.717) is 35.2 Å². The molecule has 0 spiro atoms. The number of benzene rings is 2. The van der Waals surface area contributed by atoms with Crippen LogP contribution in [0.4, 0.5) is 28.7 Å². The lowest BCUT2D eigenvalue weighted by Gasteiger charge is -2.13. The van der Waals surface area contributed by atoms with Crippen LogP contribution in [-0.2, 0) is 11.2 Å². The van der Waals surface area contributed by atoms with E-state index in [1.807, 2.05) is 18.2 Å². The number of aryl methyl sites for hydroxylation is 1. The van der Waals surface area contributed by atoms with Gasteiger partial charge in [-0.15, -0.1) is 0 Å². The summed E-state index contributed by atoms with van der Waals surface area (Å²) >= 11 is 0. The summed E-state index contributed by atoms with van der Waals surface area (Å²) in [6, 6.07) is 15.0. The zero-order valence-corrected chi connectivity index (χ0v) is 15.9. The fourth-order valence-electron chi connectivity index (χ4n) is 2.63. The highest BCUT2D eigenvalue weighted by Gasteiger charge is 2.11. The van der Waals surface area contributed by atoms with Crippen molar-refractivity contribution in [2.24, 2.45) is 0 Å². The number of hydrogen-bond acceptors (Lipinski definition) is 7. The summed E-state index contributed by atoms with van der Waals surface area (Å²) in [6.45, 7) is 4.20. The van der Waals surface area contributed by atoms with Crippen LogP contribution in [0.3, 0.4) is 0 Å². The van der Waals surface area contributed by atoms with Crippen LogP contribution in [0.25, 0.3) is 0 Å². The number of carbonyl (C=O) groups is 1. The van der Waals surface area contributed by atoms with Gasteiger partial charge >= 0.3 is 5.97 Å². The number of esters is 1. The Kier molecular flexibility index (Phi) is 6.06. The first-order valence-electron chi connectivity index (χ1n) is 9.11. The second kappa shape index (κ2) is 8.85. The van der Waals surface area contributed by atoms with Gasteiger partial charge in [-0.05, 0) is 49.2 Å². The zero-order chi connectivity index (χ0) is 19.9. The van der Waals surface area contributed by atoms with Crippen LogP contribution < -0.4 is 16.4 Å². The monoisotopic (exact) mass is 377 g/mol. The fraction of sp³-hybridized carbons (Fsp3) is 0.190. The number of rotatable bonds is 7. The van der Waals surface area contributed by atoms with E-state index in [1.165, 1.54) is 11.9 Å². The van der Waals surface area contributed by atoms with Crippen LogP contribution >= 0.6 is 0 Å². The van der Waals surface area contributed by atoms with Gasteiger partial charge in [0.2, 0.25) is 0 Å². The lowest BCUT2D eigenvalue weighted by atomic mass is 10.1. The number of aromatic nitrogens is 2. The molecule has 1 heterocycles. The molecular formula is C21H23N5O2. The molecule has 4 N–H and O–H groups in total. The van der Waals surface area contributed by atoms with Crippen molar-refractivity contribution in [1.29, 1.82) is 0 Å². The summed E-state index contributed by atoms with van der Waals surface area (Å²) in [5.41, 5.74) is 9.89. The van der Waals surface area contributed by atoms with Crippen molar-refractivity contribution in [2.75, 3.05) is 23.0 Å². The van der Waals surface area contributed by atoms with E-state index >= 15 is 0 Å². The summed E-state index contributed by atoms with van der Waals surface area (Å²) < 4.78 is 5.03. The SMILES string of the molecule is CCOC(=O)c1cccc(Nc2ncnc(Nc3ccc(CC)cc3)c2N)c1. The molecule has 0 bridgehead atoms. The normalized spacial score (nSPS) is 10.4. The van der Waals surface area contributed by atoms with Gasteiger partial charge in [-0.2, -0.15) is 0 Å². The highest BCUT2D eigenvalue weighted by Crippen LogP contribution is 2.28. The first kappa shape index (κ1) is 19.2. The lowest BCUT2D eigenvalue weighted by Crippen LogP contribution is -2.07. The van der Waals surface area contributed by atoms with Crippen LogP contribution in [0.2, 0.25) is 0 Å². The summed E-state index contributed by atoms with van der Waals surface area (Å²) in [6.07, 6.45) is 2.41. The molecule has 0 atom stereocenters. The Bertz CT molecular complexity index is 957. The lowest BCUT2D eigenvalue weighted by molar-refractivity contribution is 0.0526. The number of anilines is 5. The number of nitrogens with two attached hydrogens (primary N) is 1. The minimum absolute atomic E-state index is 0.323. The van der Waals surface area contributed by atoms with E-state index in [4.69, 9.17) is 10.5 Å². The van der Waals surface area contributed by atoms with Crippen molar-refractivity contribution in [3.63, 3.8) is 0 Å². The first-order chi connectivity index (χ1) is 13.6. The minimum atomic E-state index is -0.375. The smallest absolute Gasteiger partial charge is 0.338 e. The predicted octanol–water partition coefficient (Wildman–Crippen LogP) is 4.29. The molecular weight excluding hydrogens is 354 g/mol. The minimum Gasteiger partial charge on any atom is -0.462 e. The van der Waals surface area contributed by atoms with Gasteiger partial charge in [0.15, 0.2) is 11.6 Å². The Balaban J connectivity index is 1.79. The van der Waals surface area contributed by atoms with Crippen molar-refractivity contribution in [3.05, 3.63) is 66.0 Å². The molecule has 28 heavy (non-hydrogen) atoms. The Labute approximate surface area is 164 Å². The molecule has 0 aliphatic carbocycles. The van der Waals surface area contributed by atoms with Gasteiger partial charge in [-0.1, -0.05) is 25.1 Å². The van der Waals surface area contributed by atoms with E-state index in [2.05, 4.69) is 39.7 Å². The zero-order valence-electron chi connectivity index (χ0n) is 15.9. The summed E-state index contributed by atoms with van der Waals surface area (Å²) in [5, 5.41) is 6.34. The predicted molar refractivity (Wildman–Crippen MR) is 111 cm³/mol. The van der Waals surface area contributed by atoms with Crippen molar-refractivity contribution in [1.82, 2.24) is 9.97 Å². The van der Waals surface area contributed by atoms with Crippen molar-refractivity contribution in [2.45, 2.75) is 20.3 Å². The molecule has 3 aromatic rings. The second-order valence-corrected chi connectivity index (χ2v) is 6.09. The third-order valence-corrected chi connectivity index (χ3v) is 4.15. The summed E-state index contributed by atoms with van der Waals surface area (Å²) in [4.78, 5) is 20.3. The molecule has 0 aliphatic rings. The average Bonchev–Trinajstić information content (AvgIpc) is 2.72. The summed E-state index contributed by atoms with van der Waals surface area (Å²) in [5.74, 6) is 0.576. The maximum Gasteiger partial charge on any atom is 0.338 e. The molecule has 1 aromatic heterocycles. The van der Waals surface area contributed by atoms with E-state index in [9.17, 15) is 4.79 Å². The van der Waals surface area contributed by atoms with E-state index in [-0.39, 0.29) is 5.97 Å². The van der Waals surface area contributed by atoms with Gasteiger partial charge in [0, 0.05) is 11.4 Å². The van der Waals surface area contributed by atoms with Crippen molar-refractivity contribution >= 4 is 34.7 Å². The summed E-state index contributed by atoms with van der Waals surface area (Å²) in [7, 11) is 0. The Morgan fingerprint density at radius 2 is 1.68 bits per heavy atom. The second-order valence-electron chi connectivity index (χ2n) is 6.09. The molecule has 7 nitrogen and oxygen atoms in total. The van der Waals surface area contributed by atoms with Crippen LogP contribution in [0, 0.1) is 0 Å². The number of ether oxygens (including phenoxy) is 1. The first-order valence-corrected chi connectivity index (χ1v) is 9.11. The standard InChI is InChI=1S/C21H23N5O2/c1-3-14-8-10-16(11-9-14)25-19-18(22)20(24-13-23-19)26-17-7-5-6-15(12-17)21(27)28-4-2/h5-13H,3-4,22H2,1-2H3,(H2,23,24,25,26). The third kappa shape index (κ3) is 4.56. The molecule has 3 rings (SSSR count). The molecule has 2 aromatic carbocycles. The number of nitrogens with one attached hydrogen (secondary N) is 2. The maximum absolute atomic E-state index is 11.9. The number of hydrogen-bond donors (Lipinski definition) is 3. The molecule has 0 saturated carbocycles. The topological polar surface area (TPSA) is 102 Å². The van der Waals surface area contributed by atoms with Crippen LogP contribution in [-0.4, -0.2) is 22.5 Å². The number of nitrogens with zero attached hydrogens (tertiary/aromatic N) is 2. The van der Waals surface area contributed by atoms with E-state index in [1.54, 1.807) is 25.1 Å². The van der Waals surface area contributed by atoms with Crippen LogP contribution in [0.5, 0.6) is 0 Å². The Morgan fingerprint density at radius 1 is 1.00 bits per heavy atom. The average molecular weight is 377 g/mol. The molecule has 144 valence electrons. The quantitative estimate of drug-likeness (QED) is 0.528. The van der Waals surface area contributed by atoms with Crippen molar-refractivity contribution in [3.8, 4) is 0 Å². The third-order valence-electron chi connectivity index (χ3n) is 4.15. The number of carbonyl (C=O) groups excluding carboxylic acids is 1. The molecule has 0 fully saturated rings. The van der Waals surface area contributed by atoms with Gasteiger partial charge in [0.05, 0.1) is 12.2 Å². The molecule has 0 amide bonds. The largest absolute Gasteiger partial charge is 0.462 e. The molecule has 7 heteroatoms. The highest BCUT2D eigenvalue weighted by atomic mass is 16.5. The van der Waals surface area contributed by atoms with Gasteiger partial charge < -0.3 is 21.1 Å². The van der Waals surface area contributed by atoms with Crippen molar-refractivity contribution < 1.29 is 9.53 Å². The van der Waals surface area contributed by atoms with Crippen LogP contribution in [0.15, 0.2) is 54.9 Å². The van der Waals surface area contributed by atoms with E-state index < -0.39 is 0 Å². The Hall–Kier alpha value is -3.61. The maximum atomic E-state index is 11.9. The van der Waals surface area contributed by atoms with E-state index in [0.717, 1.165) is 12.1 Å². The highest BCUT2D eigenvalue weighted by molar-refractivity contribution is 5.91. The molecule has 0 saturated heterocycles. The molecule has 0 unspecified atom stereocenters.